The largest absolute Gasteiger partial charge is 0.399 e. The maximum absolute atomic E-state index is 13.2. The predicted octanol–water partition coefficient (Wildman–Crippen LogP) is 1.82. The van der Waals surface area contributed by atoms with E-state index in [1.54, 1.807) is 4.90 Å². The molecule has 3 amide bonds. The number of imide groups is 1. The van der Waals surface area contributed by atoms with Crippen LogP contribution in [0.25, 0.3) is 0 Å². The number of carbonyl (C=O) groups excluding carboxylic acids is 3. The molecule has 5 heterocycles. The Kier molecular flexibility index (Phi) is 5.40. The summed E-state index contributed by atoms with van der Waals surface area (Å²) in [6.45, 7) is 6.97. The number of piperidine rings is 2. The van der Waals surface area contributed by atoms with E-state index in [0.29, 0.717) is 30.0 Å². The van der Waals surface area contributed by atoms with Crippen LogP contribution in [0.2, 0.25) is 0 Å². The summed E-state index contributed by atoms with van der Waals surface area (Å²) in [5, 5.41) is 2.39. The molecule has 5 aliphatic rings. The van der Waals surface area contributed by atoms with Gasteiger partial charge in [-0.25, -0.2) is 0 Å². The lowest BCUT2D eigenvalue weighted by Crippen LogP contribution is -2.74. The van der Waals surface area contributed by atoms with Gasteiger partial charge in [-0.15, -0.1) is 0 Å². The zero-order valence-electron chi connectivity index (χ0n) is 21.6. The van der Waals surface area contributed by atoms with Crippen LogP contribution in [0.15, 0.2) is 42.5 Å². The third kappa shape index (κ3) is 3.83. The molecule has 4 fully saturated rings. The number of hydrogen-bond donors (Lipinski definition) is 2. The summed E-state index contributed by atoms with van der Waals surface area (Å²) in [7, 11) is 0. The molecule has 1 unspecified atom stereocenters. The van der Waals surface area contributed by atoms with E-state index in [9.17, 15) is 14.4 Å². The monoisotopic (exact) mass is 514 g/mol. The summed E-state index contributed by atoms with van der Waals surface area (Å²) in [6.07, 6.45) is 2.90. The van der Waals surface area contributed by atoms with E-state index in [1.165, 1.54) is 18.8 Å². The molecule has 0 aromatic heterocycles. The SMILES string of the molecule is Nc1ccc(N2CC3(C2)CN(C2CCN(c4cccc5c4CN(C4CCC(=O)NC4=O)C5=O)CC2)C3)cc1. The highest BCUT2D eigenvalue weighted by atomic mass is 16.2. The molecule has 4 saturated heterocycles. The first-order chi connectivity index (χ1) is 18.4. The van der Waals surface area contributed by atoms with Crippen molar-refractivity contribution < 1.29 is 14.4 Å². The number of likely N-dealkylation sites (tertiary alicyclic amines) is 1. The van der Waals surface area contributed by atoms with Gasteiger partial charge in [0.15, 0.2) is 0 Å². The zero-order chi connectivity index (χ0) is 26.0. The summed E-state index contributed by atoms with van der Waals surface area (Å²) in [4.78, 5) is 46.4. The average molecular weight is 515 g/mol. The summed E-state index contributed by atoms with van der Waals surface area (Å²) < 4.78 is 0. The first-order valence-electron chi connectivity index (χ1n) is 13.8. The minimum atomic E-state index is -0.577. The lowest BCUT2D eigenvalue weighted by Gasteiger charge is -2.63. The van der Waals surface area contributed by atoms with Crippen LogP contribution in [0.1, 0.15) is 41.6 Å². The van der Waals surface area contributed by atoms with E-state index in [2.05, 4.69) is 38.2 Å². The number of hydrogen-bond acceptors (Lipinski definition) is 7. The summed E-state index contributed by atoms with van der Waals surface area (Å²) >= 11 is 0. The van der Waals surface area contributed by atoms with Gasteiger partial charge in [-0.1, -0.05) is 6.07 Å². The molecule has 9 nitrogen and oxygen atoms in total. The topological polar surface area (TPSA) is 102 Å². The van der Waals surface area contributed by atoms with Crippen molar-refractivity contribution in [2.75, 3.05) is 54.8 Å². The molecule has 1 atom stereocenters. The number of nitrogen functional groups attached to an aromatic ring is 1. The van der Waals surface area contributed by atoms with Crippen molar-refractivity contribution in [2.45, 2.75) is 44.3 Å². The van der Waals surface area contributed by atoms with Crippen molar-refractivity contribution in [1.29, 1.82) is 0 Å². The van der Waals surface area contributed by atoms with Crippen molar-refractivity contribution in [3.8, 4) is 0 Å². The fraction of sp³-hybridized carbons (Fsp3) is 0.483. The van der Waals surface area contributed by atoms with Gasteiger partial charge >= 0.3 is 0 Å². The van der Waals surface area contributed by atoms with Crippen LogP contribution >= 0.6 is 0 Å². The van der Waals surface area contributed by atoms with Gasteiger partial charge in [0.2, 0.25) is 11.8 Å². The second-order valence-corrected chi connectivity index (χ2v) is 11.8. The van der Waals surface area contributed by atoms with Crippen molar-refractivity contribution in [3.05, 3.63) is 53.6 Å². The molecule has 0 radical (unpaired) electrons. The molecule has 2 aromatic carbocycles. The first kappa shape index (κ1) is 23.5. The number of fused-ring (bicyclic) bond motifs is 1. The minimum Gasteiger partial charge on any atom is -0.399 e. The first-order valence-corrected chi connectivity index (χ1v) is 13.8. The Morgan fingerprint density at radius 3 is 2.32 bits per heavy atom. The van der Waals surface area contributed by atoms with Crippen molar-refractivity contribution in [3.63, 3.8) is 0 Å². The molecule has 0 saturated carbocycles. The van der Waals surface area contributed by atoms with E-state index in [4.69, 9.17) is 5.73 Å². The van der Waals surface area contributed by atoms with Crippen LogP contribution in [0, 0.1) is 5.41 Å². The Morgan fingerprint density at radius 2 is 1.61 bits per heavy atom. The number of nitrogens with two attached hydrogens (primary N) is 1. The molecule has 38 heavy (non-hydrogen) atoms. The zero-order valence-corrected chi connectivity index (χ0v) is 21.6. The quantitative estimate of drug-likeness (QED) is 0.474. The second kappa shape index (κ2) is 8.73. The Hall–Kier alpha value is -3.59. The van der Waals surface area contributed by atoms with Gasteiger partial charge < -0.3 is 20.4 Å². The fourth-order valence-corrected chi connectivity index (χ4v) is 7.24. The maximum Gasteiger partial charge on any atom is 0.255 e. The van der Waals surface area contributed by atoms with Gasteiger partial charge in [0.05, 0.1) is 0 Å². The number of amides is 3. The van der Waals surface area contributed by atoms with Gasteiger partial charge in [-0.05, 0) is 55.7 Å². The van der Waals surface area contributed by atoms with E-state index in [0.717, 1.165) is 56.0 Å². The third-order valence-corrected chi connectivity index (χ3v) is 9.27. The van der Waals surface area contributed by atoms with Crippen LogP contribution in [0.3, 0.4) is 0 Å². The smallest absolute Gasteiger partial charge is 0.255 e. The van der Waals surface area contributed by atoms with Gasteiger partial charge in [0.25, 0.3) is 5.91 Å². The van der Waals surface area contributed by atoms with Gasteiger partial charge in [0.1, 0.15) is 6.04 Å². The van der Waals surface area contributed by atoms with E-state index >= 15 is 0 Å². The molecule has 0 bridgehead atoms. The number of anilines is 3. The highest BCUT2D eigenvalue weighted by molar-refractivity contribution is 6.06. The Bertz CT molecular complexity index is 1290. The molecule has 0 aliphatic carbocycles. The highest BCUT2D eigenvalue weighted by Gasteiger charge is 2.53. The summed E-state index contributed by atoms with van der Waals surface area (Å²) in [6, 6.07) is 14.2. The molecule has 2 aromatic rings. The molecular formula is C29H34N6O3. The average Bonchev–Trinajstić information content (AvgIpc) is 3.20. The van der Waals surface area contributed by atoms with Crippen LogP contribution in [0.4, 0.5) is 17.1 Å². The third-order valence-electron chi connectivity index (χ3n) is 9.27. The fourth-order valence-electron chi connectivity index (χ4n) is 7.24. The summed E-state index contributed by atoms with van der Waals surface area (Å²) in [5.74, 6) is -0.728. The van der Waals surface area contributed by atoms with E-state index in [1.807, 2.05) is 24.3 Å². The van der Waals surface area contributed by atoms with Crippen LogP contribution in [-0.2, 0) is 16.1 Å². The standard InChI is InChI=1S/C29H34N6O3/c30-19-4-6-20(7-5-19)33-15-29(16-33)17-34(18-29)21-10-12-32(13-11-21)24-3-1-2-22-23(24)14-35(28(22)38)25-8-9-26(36)31-27(25)37/h1-7,21,25H,8-18,30H2,(H,31,36,37). The lowest BCUT2D eigenvalue weighted by atomic mass is 9.71. The Morgan fingerprint density at radius 1 is 0.868 bits per heavy atom. The molecule has 9 heteroatoms. The van der Waals surface area contributed by atoms with Crippen molar-refractivity contribution in [1.82, 2.24) is 15.1 Å². The normalized spacial score (nSPS) is 25.3. The van der Waals surface area contributed by atoms with Crippen LogP contribution in [0.5, 0.6) is 0 Å². The summed E-state index contributed by atoms with van der Waals surface area (Å²) in [5.41, 5.74) is 11.2. The minimum absolute atomic E-state index is 0.106. The second-order valence-electron chi connectivity index (χ2n) is 11.8. The molecule has 3 N–H and O–H groups in total. The predicted molar refractivity (Wildman–Crippen MR) is 145 cm³/mol. The Labute approximate surface area is 222 Å². The number of nitrogens with zero attached hydrogens (tertiary/aromatic N) is 4. The van der Waals surface area contributed by atoms with Gasteiger partial charge in [-0.3, -0.25) is 24.6 Å². The van der Waals surface area contributed by atoms with Gasteiger partial charge in [0, 0.05) is 91.9 Å². The van der Waals surface area contributed by atoms with Crippen LogP contribution < -0.4 is 20.9 Å². The van der Waals surface area contributed by atoms with Gasteiger partial charge in [-0.2, -0.15) is 0 Å². The number of carbonyl (C=O) groups is 3. The number of nitrogens with one attached hydrogen (secondary N) is 1. The maximum atomic E-state index is 13.2. The van der Waals surface area contributed by atoms with Crippen LogP contribution in [-0.4, -0.2) is 78.9 Å². The Balaban J connectivity index is 0.951. The molecule has 1 spiro atoms. The van der Waals surface area contributed by atoms with Crippen molar-refractivity contribution >= 4 is 34.8 Å². The van der Waals surface area contributed by atoms with E-state index in [-0.39, 0.29) is 24.1 Å². The lowest BCUT2D eigenvalue weighted by molar-refractivity contribution is -0.136. The molecule has 5 aliphatic heterocycles. The molecule has 7 rings (SSSR count). The number of benzene rings is 2. The number of rotatable bonds is 4. The highest BCUT2D eigenvalue weighted by Crippen LogP contribution is 2.44. The van der Waals surface area contributed by atoms with Crippen molar-refractivity contribution in [2.24, 2.45) is 5.41 Å². The van der Waals surface area contributed by atoms with E-state index < -0.39 is 6.04 Å². The molecular weight excluding hydrogens is 480 g/mol. The molecule has 198 valence electrons.